The van der Waals surface area contributed by atoms with Gasteiger partial charge >= 0.3 is 0 Å². The van der Waals surface area contributed by atoms with E-state index >= 15 is 0 Å². The molecular weight excluding hydrogens is 325 g/mol. The van der Waals surface area contributed by atoms with Gasteiger partial charge in [-0.3, -0.25) is 4.67 Å². The standard InChI is InChI=1S/C17H25N2P3/c1-15(2)19(22(20)18(3)4)21(16-11-7-5-8-12-16)17-13-9-6-10-14-17/h5-15H,20H2,1-4H3. The lowest BCUT2D eigenvalue weighted by Crippen LogP contribution is -2.31. The normalized spacial score (nSPS) is 13.3. The Balaban J connectivity index is 2.51. The maximum atomic E-state index is 3.06. The van der Waals surface area contributed by atoms with Crippen LogP contribution >= 0.6 is 24.9 Å². The predicted molar refractivity (Wildman–Crippen MR) is 106 cm³/mol. The number of nitrogens with zero attached hydrogens (tertiary/aromatic N) is 2. The largest absolute Gasteiger partial charge is 0.273 e. The molecule has 2 nitrogen and oxygen atoms in total. The van der Waals surface area contributed by atoms with E-state index in [1.165, 1.54) is 10.6 Å². The predicted octanol–water partition coefficient (Wildman–Crippen LogP) is 4.41. The van der Waals surface area contributed by atoms with E-state index in [0.29, 0.717) is 6.04 Å². The van der Waals surface area contributed by atoms with Crippen LogP contribution in [0.1, 0.15) is 13.8 Å². The Hall–Kier alpha value is -0.350. The molecule has 0 aliphatic heterocycles. The van der Waals surface area contributed by atoms with Crippen LogP contribution in [0.2, 0.25) is 0 Å². The second-order valence-corrected chi connectivity index (χ2v) is 11.2. The van der Waals surface area contributed by atoms with Crippen LogP contribution in [0.5, 0.6) is 0 Å². The Morgan fingerprint density at radius 2 is 1.23 bits per heavy atom. The van der Waals surface area contributed by atoms with E-state index in [9.17, 15) is 0 Å². The minimum Gasteiger partial charge on any atom is -0.273 e. The Labute approximate surface area is 139 Å². The van der Waals surface area contributed by atoms with Gasteiger partial charge in [-0.15, -0.1) is 0 Å². The number of rotatable bonds is 6. The molecule has 118 valence electrons. The first-order valence-electron chi connectivity index (χ1n) is 7.43. The van der Waals surface area contributed by atoms with Crippen LogP contribution in [0.4, 0.5) is 0 Å². The van der Waals surface area contributed by atoms with Crippen LogP contribution in [-0.2, 0) is 0 Å². The molecule has 0 amide bonds. The lowest BCUT2D eigenvalue weighted by molar-refractivity contribution is 0.541. The molecule has 2 atom stereocenters. The van der Waals surface area contributed by atoms with E-state index in [1.807, 2.05) is 0 Å². The highest BCUT2D eigenvalue weighted by atomic mass is 32.0. The van der Waals surface area contributed by atoms with E-state index in [4.69, 9.17) is 0 Å². The molecule has 0 N–H and O–H groups in total. The lowest BCUT2D eigenvalue weighted by Gasteiger charge is -2.41. The van der Waals surface area contributed by atoms with E-state index in [2.05, 4.69) is 107 Å². The summed E-state index contributed by atoms with van der Waals surface area (Å²) < 4.78 is 4.99. The molecule has 2 aromatic rings. The van der Waals surface area contributed by atoms with Gasteiger partial charge in [0.05, 0.1) is 7.91 Å². The molecule has 0 fully saturated rings. The summed E-state index contributed by atoms with van der Waals surface area (Å²) in [6.07, 6.45) is 0. The van der Waals surface area contributed by atoms with Gasteiger partial charge in [0.1, 0.15) is 0 Å². The smallest absolute Gasteiger partial charge is 0.0621 e. The monoisotopic (exact) mass is 350 g/mol. The first-order chi connectivity index (χ1) is 10.5. The second-order valence-electron chi connectivity index (χ2n) is 5.56. The lowest BCUT2D eigenvalue weighted by atomic mass is 10.4. The molecule has 22 heavy (non-hydrogen) atoms. The second kappa shape index (κ2) is 8.49. The minimum atomic E-state index is -0.526. The molecular formula is C17H25N2P3. The van der Waals surface area contributed by atoms with Crippen molar-refractivity contribution in [3.63, 3.8) is 0 Å². The molecule has 2 unspecified atom stereocenters. The van der Waals surface area contributed by atoms with Crippen LogP contribution in [0.3, 0.4) is 0 Å². The zero-order valence-electron chi connectivity index (χ0n) is 13.7. The molecule has 0 heterocycles. The third kappa shape index (κ3) is 4.35. The third-order valence-electron chi connectivity index (χ3n) is 3.29. The summed E-state index contributed by atoms with van der Waals surface area (Å²) >= 11 is 0. The first kappa shape index (κ1) is 18.0. The Kier molecular flexibility index (Phi) is 6.94. The van der Waals surface area contributed by atoms with Crippen molar-refractivity contribution in [2.45, 2.75) is 19.9 Å². The molecule has 0 spiro atoms. The first-order valence-corrected chi connectivity index (χ1v) is 11.6. The highest BCUT2D eigenvalue weighted by Gasteiger charge is 2.30. The molecule has 0 aliphatic carbocycles. The molecule has 5 heteroatoms. The van der Waals surface area contributed by atoms with Crippen molar-refractivity contribution in [3.8, 4) is 0 Å². The van der Waals surface area contributed by atoms with E-state index < -0.39 is 16.0 Å². The van der Waals surface area contributed by atoms with Crippen LogP contribution in [0, 0.1) is 0 Å². The average molecular weight is 350 g/mol. The zero-order valence-corrected chi connectivity index (χ0v) is 16.7. The fourth-order valence-corrected chi connectivity index (χ4v) is 8.81. The van der Waals surface area contributed by atoms with Crippen LogP contribution in [0.15, 0.2) is 60.7 Å². The maximum absolute atomic E-state index is 3.06. The third-order valence-corrected chi connectivity index (χ3v) is 11.2. The van der Waals surface area contributed by atoms with Gasteiger partial charge in [0, 0.05) is 14.1 Å². The van der Waals surface area contributed by atoms with Gasteiger partial charge in [-0.05, 0) is 38.6 Å². The van der Waals surface area contributed by atoms with Gasteiger partial charge in [0.25, 0.3) is 0 Å². The van der Waals surface area contributed by atoms with Gasteiger partial charge in [0.15, 0.2) is 0 Å². The van der Waals surface area contributed by atoms with Gasteiger partial charge < -0.3 is 0 Å². The summed E-state index contributed by atoms with van der Waals surface area (Å²) in [5.74, 6) is 0. The maximum Gasteiger partial charge on any atom is 0.0621 e. The molecule has 0 bridgehead atoms. The molecule has 2 rings (SSSR count). The van der Waals surface area contributed by atoms with Crippen molar-refractivity contribution in [2.24, 2.45) is 0 Å². The highest BCUT2D eigenvalue weighted by molar-refractivity contribution is 8.13. The van der Waals surface area contributed by atoms with Crippen LogP contribution < -0.4 is 10.6 Å². The average Bonchev–Trinajstić information content (AvgIpc) is 2.53. The van der Waals surface area contributed by atoms with Gasteiger partial charge in [-0.2, -0.15) is 0 Å². The fraction of sp³-hybridized carbons (Fsp3) is 0.294. The van der Waals surface area contributed by atoms with Crippen molar-refractivity contribution in [1.82, 2.24) is 9.11 Å². The topological polar surface area (TPSA) is 6.48 Å². The number of hydrogen-bond acceptors (Lipinski definition) is 2. The van der Waals surface area contributed by atoms with Gasteiger partial charge in [-0.25, -0.2) is 4.44 Å². The summed E-state index contributed by atoms with van der Waals surface area (Å²) in [6, 6.07) is 22.3. The molecule has 2 aromatic carbocycles. The van der Waals surface area contributed by atoms with Crippen LogP contribution in [-0.4, -0.2) is 29.2 Å². The summed E-state index contributed by atoms with van der Waals surface area (Å²) in [5, 5.41) is 2.82. The Morgan fingerprint density at radius 3 is 1.55 bits per heavy atom. The zero-order chi connectivity index (χ0) is 16.1. The quantitative estimate of drug-likeness (QED) is 0.712. The van der Waals surface area contributed by atoms with Crippen molar-refractivity contribution >= 4 is 35.5 Å². The van der Waals surface area contributed by atoms with Gasteiger partial charge in [-0.1, -0.05) is 69.6 Å². The van der Waals surface area contributed by atoms with E-state index in [-0.39, 0.29) is 0 Å². The molecule has 0 radical (unpaired) electrons. The summed E-state index contributed by atoms with van der Waals surface area (Å²) in [5.41, 5.74) is 0. The van der Waals surface area contributed by atoms with Crippen molar-refractivity contribution < 1.29 is 0 Å². The minimum absolute atomic E-state index is 0.417. The highest BCUT2D eigenvalue weighted by Crippen LogP contribution is 2.62. The summed E-state index contributed by atoms with van der Waals surface area (Å²) in [7, 11) is 6.45. The van der Waals surface area contributed by atoms with Gasteiger partial charge in [0.2, 0.25) is 0 Å². The van der Waals surface area contributed by atoms with Crippen LogP contribution in [0.25, 0.3) is 0 Å². The van der Waals surface area contributed by atoms with Crippen molar-refractivity contribution in [3.05, 3.63) is 60.7 Å². The molecule has 0 saturated heterocycles. The number of hydrogen-bond donors (Lipinski definition) is 0. The SMILES string of the molecule is CC(C)N(P(c1ccccc1)c1ccccc1)P(P)N(C)C. The Morgan fingerprint density at radius 1 is 0.818 bits per heavy atom. The summed E-state index contributed by atoms with van der Waals surface area (Å²) in [6.45, 7) is 4.59. The fourth-order valence-electron chi connectivity index (χ4n) is 2.27. The molecule has 0 saturated carbocycles. The van der Waals surface area contributed by atoms with E-state index in [1.54, 1.807) is 0 Å². The van der Waals surface area contributed by atoms with Crippen molar-refractivity contribution in [1.29, 1.82) is 0 Å². The van der Waals surface area contributed by atoms with Crippen molar-refractivity contribution in [2.75, 3.05) is 14.1 Å². The Bertz CT molecular complexity index is 521. The molecule has 0 aromatic heterocycles. The summed E-state index contributed by atoms with van der Waals surface area (Å²) in [4.78, 5) is 0. The molecule has 0 aliphatic rings. The number of benzene rings is 2. The van der Waals surface area contributed by atoms with E-state index in [0.717, 1.165) is 0 Å².